The van der Waals surface area contributed by atoms with Gasteiger partial charge in [-0.05, 0) is 60.1 Å². The number of amides is 1. The highest BCUT2D eigenvalue weighted by Gasteiger charge is 2.24. The van der Waals surface area contributed by atoms with Crippen LogP contribution < -0.4 is 5.32 Å². The molecule has 1 amide bonds. The molecule has 0 atom stereocenters. The fourth-order valence-corrected chi connectivity index (χ4v) is 1.84. The van der Waals surface area contributed by atoms with E-state index in [1.54, 1.807) is 0 Å². The zero-order valence-corrected chi connectivity index (χ0v) is 10.2. The molecule has 1 aromatic rings. The number of hydrogen-bond donors (Lipinski definition) is 1. The van der Waals surface area contributed by atoms with Gasteiger partial charge in [0.15, 0.2) is 0 Å². The monoisotopic (exact) mass is 301 g/mol. The van der Waals surface area contributed by atoms with Crippen molar-refractivity contribution in [3.63, 3.8) is 0 Å². The van der Waals surface area contributed by atoms with E-state index in [2.05, 4.69) is 27.9 Å². The highest BCUT2D eigenvalue weighted by molar-refractivity contribution is 14.1. The van der Waals surface area contributed by atoms with Crippen LogP contribution in [0, 0.1) is 10.5 Å². The third-order valence-electron chi connectivity index (χ3n) is 2.42. The highest BCUT2D eigenvalue weighted by atomic mass is 127. The number of carbonyl (C=O) groups is 1. The van der Waals surface area contributed by atoms with Crippen LogP contribution in [0.25, 0.3) is 0 Å². The summed E-state index contributed by atoms with van der Waals surface area (Å²) in [6, 6.07) is 6.26. The molecule has 0 saturated heterocycles. The van der Waals surface area contributed by atoms with Gasteiger partial charge in [-0.25, -0.2) is 0 Å². The van der Waals surface area contributed by atoms with Crippen LogP contribution in [0.5, 0.6) is 0 Å². The topological polar surface area (TPSA) is 29.1 Å². The summed E-state index contributed by atoms with van der Waals surface area (Å²) in [6.45, 7) is 1.99. The molecule has 1 fully saturated rings. The molecule has 0 aliphatic heterocycles. The summed E-state index contributed by atoms with van der Waals surface area (Å²) in [7, 11) is 0. The van der Waals surface area contributed by atoms with Crippen LogP contribution in [0.15, 0.2) is 18.2 Å². The maximum Gasteiger partial charge on any atom is 0.251 e. The van der Waals surface area contributed by atoms with Crippen LogP contribution in [0.2, 0.25) is 0 Å². The van der Waals surface area contributed by atoms with Crippen LogP contribution >= 0.6 is 22.6 Å². The SMILES string of the molecule is Cc1c(I)cccc1C(=O)NC1CC1. The van der Waals surface area contributed by atoms with E-state index >= 15 is 0 Å². The van der Waals surface area contributed by atoms with Crippen molar-refractivity contribution in [3.05, 3.63) is 32.9 Å². The average molecular weight is 301 g/mol. The average Bonchev–Trinajstić information content (AvgIpc) is 2.93. The fraction of sp³-hybridized carbons (Fsp3) is 0.364. The van der Waals surface area contributed by atoms with Crippen LogP contribution in [-0.2, 0) is 0 Å². The molecule has 0 unspecified atom stereocenters. The zero-order valence-electron chi connectivity index (χ0n) is 8.01. The van der Waals surface area contributed by atoms with E-state index in [9.17, 15) is 4.79 Å². The Kier molecular flexibility index (Phi) is 2.76. The van der Waals surface area contributed by atoms with E-state index in [1.807, 2.05) is 25.1 Å². The second kappa shape index (κ2) is 3.88. The van der Waals surface area contributed by atoms with Gasteiger partial charge in [0.1, 0.15) is 0 Å². The minimum Gasteiger partial charge on any atom is -0.349 e. The van der Waals surface area contributed by atoms with Gasteiger partial charge in [0, 0.05) is 15.2 Å². The van der Waals surface area contributed by atoms with Gasteiger partial charge in [0.2, 0.25) is 0 Å². The molecular weight excluding hydrogens is 289 g/mol. The normalized spacial score (nSPS) is 15.3. The number of carbonyl (C=O) groups excluding carboxylic acids is 1. The van der Waals surface area contributed by atoms with Crippen molar-refractivity contribution >= 4 is 28.5 Å². The van der Waals surface area contributed by atoms with Gasteiger partial charge >= 0.3 is 0 Å². The van der Waals surface area contributed by atoms with E-state index in [4.69, 9.17) is 0 Å². The summed E-state index contributed by atoms with van der Waals surface area (Å²) >= 11 is 2.25. The van der Waals surface area contributed by atoms with Gasteiger partial charge in [0.25, 0.3) is 5.91 Å². The predicted octanol–water partition coefficient (Wildman–Crippen LogP) is 2.49. The molecule has 2 nitrogen and oxygen atoms in total. The van der Waals surface area contributed by atoms with Crippen molar-refractivity contribution in [2.75, 3.05) is 0 Å². The number of benzene rings is 1. The Balaban J connectivity index is 2.21. The molecule has 3 heteroatoms. The molecule has 0 radical (unpaired) electrons. The first-order chi connectivity index (χ1) is 6.68. The van der Waals surface area contributed by atoms with Crippen LogP contribution in [0.1, 0.15) is 28.8 Å². The number of hydrogen-bond acceptors (Lipinski definition) is 1. The quantitative estimate of drug-likeness (QED) is 0.836. The second-order valence-electron chi connectivity index (χ2n) is 3.66. The van der Waals surface area contributed by atoms with Crippen molar-refractivity contribution in [2.24, 2.45) is 0 Å². The Morgan fingerprint density at radius 2 is 2.21 bits per heavy atom. The first-order valence-corrected chi connectivity index (χ1v) is 5.82. The molecule has 1 aliphatic rings. The first-order valence-electron chi connectivity index (χ1n) is 4.74. The molecule has 1 aliphatic carbocycles. The smallest absolute Gasteiger partial charge is 0.251 e. The molecule has 0 aromatic heterocycles. The molecule has 1 N–H and O–H groups in total. The minimum atomic E-state index is 0.0727. The van der Waals surface area contributed by atoms with Gasteiger partial charge in [-0.1, -0.05) is 6.07 Å². The van der Waals surface area contributed by atoms with E-state index in [0.29, 0.717) is 6.04 Å². The van der Waals surface area contributed by atoms with E-state index < -0.39 is 0 Å². The van der Waals surface area contributed by atoms with Crippen LogP contribution in [0.3, 0.4) is 0 Å². The first kappa shape index (κ1) is 9.96. The summed E-state index contributed by atoms with van der Waals surface area (Å²) < 4.78 is 1.14. The standard InChI is InChI=1S/C11H12INO/c1-7-9(3-2-4-10(7)12)11(14)13-8-5-6-8/h2-4,8H,5-6H2,1H3,(H,13,14). The maximum atomic E-state index is 11.8. The van der Waals surface area contributed by atoms with Crippen LogP contribution in [0.4, 0.5) is 0 Å². The number of rotatable bonds is 2. The Morgan fingerprint density at radius 3 is 2.86 bits per heavy atom. The summed E-state index contributed by atoms with van der Waals surface area (Å²) in [5, 5.41) is 3.00. The van der Waals surface area contributed by atoms with E-state index in [1.165, 1.54) is 0 Å². The number of nitrogens with one attached hydrogen (secondary N) is 1. The Labute approximate surface area is 97.2 Å². The zero-order chi connectivity index (χ0) is 10.1. The lowest BCUT2D eigenvalue weighted by Gasteiger charge is -2.07. The third-order valence-corrected chi connectivity index (χ3v) is 3.59. The maximum absolute atomic E-state index is 11.8. The highest BCUT2D eigenvalue weighted by Crippen LogP contribution is 2.21. The summed E-state index contributed by atoms with van der Waals surface area (Å²) in [5.74, 6) is 0.0727. The molecule has 0 heterocycles. The third kappa shape index (κ3) is 2.08. The summed E-state index contributed by atoms with van der Waals surface area (Å²) in [6.07, 6.45) is 2.27. The Bertz CT molecular complexity index is 372. The minimum absolute atomic E-state index is 0.0727. The molecule has 2 rings (SSSR count). The summed E-state index contributed by atoms with van der Waals surface area (Å²) in [4.78, 5) is 11.8. The lowest BCUT2D eigenvalue weighted by atomic mass is 10.1. The van der Waals surface area contributed by atoms with Gasteiger partial charge in [-0.3, -0.25) is 4.79 Å². The lowest BCUT2D eigenvalue weighted by molar-refractivity contribution is 0.0950. The molecule has 14 heavy (non-hydrogen) atoms. The lowest BCUT2D eigenvalue weighted by Crippen LogP contribution is -2.26. The molecule has 1 aromatic carbocycles. The van der Waals surface area contributed by atoms with Crippen molar-refractivity contribution in [1.29, 1.82) is 0 Å². The van der Waals surface area contributed by atoms with Gasteiger partial charge in [0.05, 0.1) is 0 Å². The Morgan fingerprint density at radius 1 is 1.50 bits per heavy atom. The second-order valence-corrected chi connectivity index (χ2v) is 4.82. The Hall–Kier alpha value is -0.580. The van der Waals surface area contributed by atoms with Crippen molar-refractivity contribution in [3.8, 4) is 0 Å². The fourth-order valence-electron chi connectivity index (χ4n) is 1.34. The molecular formula is C11H12INO. The van der Waals surface area contributed by atoms with Gasteiger partial charge in [-0.2, -0.15) is 0 Å². The van der Waals surface area contributed by atoms with Gasteiger partial charge < -0.3 is 5.32 Å². The predicted molar refractivity (Wildman–Crippen MR) is 64.4 cm³/mol. The largest absolute Gasteiger partial charge is 0.349 e. The molecule has 0 bridgehead atoms. The van der Waals surface area contributed by atoms with Crippen molar-refractivity contribution in [1.82, 2.24) is 5.32 Å². The van der Waals surface area contributed by atoms with Gasteiger partial charge in [-0.15, -0.1) is 0 Å². The van der Waals surface area contributed by atoms with E-state index in [0.717, 1.165) is 27.5 Å². The van der Waals surface area contributed by atoms with Crippen molar-refractivity contribution in [2.45, 2.75) is 25.8 Å². The molecule has 1 saturated carbocycles. The molecule has 0 spiro atoms. The summed E-state index contributed by atoms with van der Waals surface area (Å²) in [5.41, 5.74) is 1.88. The van der Waals surface area contributed by atoms with E-state index in [-0.39, 0.29) is 5.91 Å². The van der Waals surface area contributed by atoms with Crippen molar-refractivity contribution < 1.29 is 4.79 Å². The van der Waals surface area contributed by atoms with Crippen LogP contribution in [-0.4, -0.2) is 11.9 Å². The molecule has 74 valence electrons. The number of halogens is 1.